The molecule has 2 aromatic heterocycles. The van der Waals surface area contributed by atoms with Crippen molar-refractivity contribution in [2.24, 2.45) is 0 Å². The smallest absolute Gasteiger partial charge is 0.273 e. The zero-order chi connectivity index (χ0) is 15.1. The number of amides is 1. The standard InChI is InChI=1S/C15H16ClN3OS2.2ClH/c16-13-4-3-12(22-13)14-18-11(8-21-14)15(20)19-6-5-9-1-2-10(7-19)17-9;;/h3-4,8-10,17H,1-2,5-7H2;2*1H. The van der Waals surface area contributed by atoms with Crippen molar-refractivity contribution in [2.45, 2.75) is 31.3 Å². The van der Waals surface area contributed by atoms with Gasteiger partial charge >= 0.3 is 0 Å². The molecule has 0 saturated carbocycles. The summed E-state index contributed by atoms with van der Waals surface area (Å²) in [6.07, 6.45) is 3.46. The maximum absolute atomic E-state index is 12.7. The highest BCUT2D eigenvalue weighted by Crippen LogP contribution is 2.33. The first-order chi connectivity index (χ1) is 10.7. The number of aromatic nitrogens is 1. The van der Waals surface area contributed by atoms with Crippen molar-refractivity contribution in [3.63, 3.8) is 0 Å². The summed E-state index contributed by atoms with van der Waals surface area (Å²) >= 11 is 8.97. The number of halogens is 3. The number of thiophene rings is 1. The van der Waals surface area contributed by atoms with Crippen molar-refractivity contribution in [2.75, 3.05) is 13.1 Å². The fourth-order valence-corrected chi connectivity index (χ4v) is 5.11. The van der Waals surface area contributed by atoms with Gasteiger partial charge in [-0.25, -0.2) is 4.98 Å². The van der Waals surface area contributed by atoms with Crippen LogP contribution in [0.2, 0.25) is 4.34 Å². The van der Waals surface area contributed by atoms with Gasteiger partial charge in [-0.15, -0.1) is 47.5 Å². The zero-order valence-electron chi connectivity index (χ0n) is 12.7. The number of rotatable bonds is 2. The fraction of sp³-hybridized carbons (Fsp3) is 0.467. The molecule has 132 valence electrons. The van der Waals surface area contributed by atoms with Gasteiger partial charge in [0.2, 0.25) is 0 Å². The monoisotopic (exact) mass is 425 g/mol. The Morgan fingerprint density at radius 2 is 2.04 bits per heavy atom. The molecule has 1 N–H and O–H groups in total. The van der Waals surface area contributed by atoms with Crippen molar-refractivity contribution in [3.8, 4) is 9.88 Å². The van der Waals surface area contributed by atoms with Crippen LogP contribution in [0.1, 0.15) is 29.8 Å². The molecule has 2 saturated heterocycles. The van der Waals surface area contributed by atoms with Gasteiger partial charge in [-0.1, -0.05) is 11.6 Å². The van der Waals surface area contributed by atoms with Crippen molar-refractivity contribution in [1.82, 2.24) is 15.2 Å². The molecule has 2 atom stereocenters. The second-order valence-corrected chi connectivity index (χ2v) is 8.39. The normalized spacial score (nSPS) is 22.5. The number of hydrogen-bond acceptors (Lipinski definition) is 5. The summed E-state index contributed by atoms with van der Waals surface area (Å²) in [4.78, 5) is 20.2. The molecule has 0 aromatic carbocycles. The summed E-state index contributed by atoms with van der Waals surface area (Å²) in [5, 5.41) is 6.33. The maximum atomic E-state index is 12.7. The van der Waals surface area contributed by atoms with E-state index < -0.39 is 0 Å². The van der Waals surface area contributed by atoms with E-state index in [1.807, 2.05) is 22.4 Å². The molecule has 2 aliphatic heterocycles. The van der Waals surface area contributed by atoms with Crippen LogP contribution in [0.25, 0.3) is 9.88 Å². The molecule has 1 amide bonds. The van der Waals surface area contributed by atoms with Gasteiger partial charge in [0.05, 0.1) is 9.21 Å². The molecule has 2 unspecified atom stereocenters. The number of likely N-dealkylation sites (tertiary alicyclic amines) is 1. The summed E-state index contributed by atoms with van der Waals surface area (Å²) in [5.41, 5.74) is 0.558. The Labute approximate surface area is 166 Å². The Morgan fingerprint density at radius 1 is 1.25 bits per heavy atom. The molecule has 0 radical (unpaired) electrons. The molecular weight excluding hydrogens is 409 g/mol. The number of carbonyl (C=O) groups is 1. The minimum absolute atomic E-state index is 0. The fourth-order valence-electron chi connectivity index (χ4n) is 3.20. The molecule has 24 heavy (non-hydrogen) atoms. The van der Waals surface area contributed by atoms with Gasteiger partial charge in [-0.3, -0.25) is 4.79 Å². The van der Waals surface area contributed by atoms with E-state index in [0.29, 0.717) is 17.8 Å². The molecule has 4 heterocycles. The molecule has 4 nitrogen and oxygen atoms in total. The van der Waals surface area contributed by atoms with Crippen molar-refractivity contribution < 1.29 is 4.79 Å². The summed E-state index contributed by atoms with van der Waals surface area (Å²) in [6.45, 7) is 1.62. The van der Waals surface area contributed by atoms with Crippen LogP contribution >= 0.6 is 59.1 Å². The third-order valence-corrected chi connectivity index (χ3v) is 6.56. The molecular formula is C15H18Cl3N3OS2. The van der Waals surface area contributed by atoms with Crippen molar-refractivity contribution in [1.29, 1.82) is 0 Å². The second-order valence-electron chi connectivity index (χ2n) is 5.82. The van der Waals surface area contributed by atoms with E-state index in [1.54, 1.807) is 0 Å². The number of nitrogens with zero attached hydrogens (tertiary/aromatic N) is 2. The predicted molar refractivity (Wildman–Crippen MR) is 105 cm³/mol. The van der Waals surface area contributed by atoms with E-state index in [-0.39, 0.29) is 30.7 Å². The lowest BCUT2D eigenvalue weighted by Crippen LogP contribution is -2.39. The average molecular weight is 427 g/mol. The van der Waals surface area contributed by atoms with Crippen molar-refractivity contribution >= 4 is 65.0 Å². The summed E-state index contributed by atoms with van der Waals surface area (Å²) < 4.78 is 0.743. The average Bonchev–Trinajstić information content (AvgIpc) is 3.18. The predicted octanol–water partition coefficient (Wildman–Crippen LogP) is 4.34. The third-order valence-electron chi connectivity index (χ3n) is 4.32. The first-order valence-corrected chi connectivity index (χ1v) is 9.53. The van der Waals surface area contributed by atoms with E-state index in [1.165, 1.54) is 35.5 Å². The van der Waals surface area contributed by atoms with E-state index in [0.717, 1.165) is 33.7 Å². The van der Waals surface area contributed by atoms with Crippen molar-refractivity contribution in [3.05, 3.63) is 27.5 Å². The molecule has 4 rings (SSSR count). The molecule has 2 aliphatic rings. The Morgan fingerprint density at radius 3 is 2.79 bits per heavy atom. The first kappa shape index (κ1) is 19.9. The molecule has 2 bridgehead atoms. The Hall–Kier alpha value is -0.370. The lowest BCUT2D eigenvalue weighted by atomic mass is 10.1. The van der Waals surface area contributed by atoms with Gasteiger partial charge in [0.1, 0.15) is 10.7 Å². The van der Waals surface area contributed by atoms with Crippen LogP contribution in [-0.2, 0) is 0 Å². The topological polar surface area (TPSA) is 45.2 Å². The Bertz CT molecular complexity index is 706. The number of nitrogens with one attached hydrogen (secondary N) is 1. The third kappa shape index (κ3) is 4.06. The largest absolute Gasteiger partial charge is 0.336 e. The van der Waals surface area contributed by atoms with E-state index >= 15 is 0 Å². The quantitative estimate of drug-likeness (QED) is 0.777. The molecule has 2 aromatic rings. The lowest BCUT2D eigenvalue weighted by Gasteiger charge is -2.23. The number of carbonyl (C=O) groups excluding carboxylic acids is 1. The van der Waals surface area contributed by atoms with Crippen LogP contribution < -0.4 is 5.32 Å². The van der Waals surface area contributed by atoms with Crippen LogP contribution in [0.15, 0.2) is 17.5 Å². The highest BCUT2D eigenvalue weighted by Gasteiger charge is 2.32. The van der Waals surface area contributed by atoms with Gasteiger partial charge in [0.25, 0.3) is 5.91 Å². The molecule has 0 aliphatic carbocycles. The maximum Gasteiger partial charge on any atom is 0.273 e. The van der Waals surface area contributed by atoms with Crippen LogP contribution in [-0.4, -0.2) is 41.0 Å². The summed E-state index contributed by atoms with van der Waals surface area (Å²) in [6, 6.07) is 4.85. The Kier molecular flexibility index (Phi) is 6.93. The summed E-state index contributed by atoms with van der Waals surface area (Å²) in [5.74, 6) is 0.0551. The van der Waals surface area contributed by atoms with Gasteiger partial charge in [0, 0.05) is 30.6 Å². The first-order valence-electron chi connectivity index (χ1n) is 7.45. The minimum atomic E-state index is 0. The van der Waals surface area contributed by atoms with E-state index in [9.17, 15) is 4.79 Å². The molecule has 2 fully saturated rings. The number of thiazole rings is 1. The van der Waals surface area contributed by atoms with Crippen LogP contribution in [0.3, 0.4) is 0 Å². The molecule has 0 spiro atoms. The van der Waals surface area contributed by atoms with Crippen LogP contribution in [0, 0.1) is 0 Å². The SMILES string of the molecule is Cl.Cl.O=C(c1csc(-c2ccc(Cl)s2)n1)N1CCC2CCC(C1)N2. The van der Waals surface area contributed by atoms with E-state index in [2.05, 4.69) is 10.3 Å². The van der Waals surface area contributed by atoms with Gasteiger partial charge < -0.3 is 10.2 Å². The highest BCUT2D eigenvalue weighted by molar-refractivity contribution is 7.23. The van der Waals surface area contributed by atoms with Gasteiger partial charge in [-0.05, 0) is 31.4 Å². The van der Waals surface area contributed by atoms with Gasteiger partial charge in [-0.2, -0.15) is 0 Å². The lowest BCUT2D eigenvalue weighted by molar-refractivity contribution is 0.0743. The second kappa shape index (κ2) is 8.34. The van der Waals surface area contributed by atoms with Crippen LogP contribution in [0.5, 0.6) is 0 Å². The van der Waals surface area contributed by atoms with E-state index in [4.69, 9.17) is 11.6 Å². The minimum Gasteiger partial charge on any atom is -0.336 e. The molecule has 9 heteroatoms. The Balaban J connectivity index is 0.00000104. The highest BCUT2D eigenvalue weighted by atomic mass is 35.5. The summed E-state index contributed by atoms with van der Waals surface area (Å²) in [7, 11) is 0. The zero-order valence-corrected chi connectivity index (χ0v) is 16.8. The number of fused-ring (bicyclic) bond motifs is 2. The van der Waals surface area contributed by atoms with Crippen LogP contribution in [0.4, 0.5) is 0 Å². The van der Waals surface area contributed by atoms with Gasteiger partial charge in [0.15, 0.2) is 0 Å². The number of hydrogen-bond donors (Lipinski definition) is 1.